The molecule has 0 bridgehead atoms. The van der Waals surface area contributed by atoms with Crippen LogP contribution in [0.2, 0.25) is 5.02 Å². The fourth-order valence-electron chi connectivity index (χ4n) is 3.49. The first-order chi connectivity index (χ1) is 16.6. The second-order valence-electron chi connectivity index (χ2n) is 8.20. The van der Waals surface area contributed by atoms with E-state index >= 15 is 0 Å². The van der Waals surface area contributed by atoms with Crippen LogP contribution in [0.5, 0.6) is 5.75 Å². The summed E-state index contributed by atoms with van der Waals surface area (Å²) in [5.41, 5.74) is 7.23. The largest absolute Gasteiger partial charge is 0.487 e. The summed E-state index contributed by atoms with van der Waals surface area (Å²) in [7, 11) is 0. The second-order valence-corrected chi connectivity index (χ2v) is 8.58. The predicted molar refractivity (Wildman–Crippen MR) is 135 cm³/mol. The lowest BCUT2D eigenvalue weighted by atomic mass is 10.1. The van der Waals surface area contributed by atoms with Gasteiger partial charge in [0.25, 0.3) is 5.56 Å². The molecule has 1 amide bonds. The van der Waals surface area contributed by atoms with Crippen LogP contribution in [-0.4, -0.2) is 27.7 Å². The number of pyridine rings is 1. The lowest BCUT2D eigenvalue weighted by Crippen LogP contribution is -2.47. The van der Waals surface area contributed by atoms with Crippen molar-refractivity contribution in [3.8, 4) is 5.75 Å². The molecule has 3 aromatic rings. The van der Waals surface area contributed by atoms with E-state index in [9.17, 15) is 23.5 Å². The minimum atomic E-state index is -0.923. The summed E-state index contributed by atoms with van der Waals surface area (Å²) >= 11 is 6.24. The van der Waals surface area contributed by atoms with Crippen LogP contribution in [0.15, 0.2) is 53.3 Å². The fraction of sp³-hybridized carbons (Fsp3) is 0.280. The number of halogens is 4. The van der Waals surface area contributed by atoms with Crippen LogP contribution in [0.4, 0.5) is 8.78 Å². The minimum Gasteiger partial charge on any atom is -0.487 e. The van der Waals surface area contributed by atoms with Gasteiger partial charge in [-0.05, 0) is 37.1 Å². The van der Waals surface area contributed by atoms with E-state index in [1.54, 1.807) is 13.0 Å². The highest BCUT2D eigenvalue weighted by molar-refractivity contribution is 6.31. The third kappa shape index (κ3) is 7.27. The lowest BCUT2D eigenvalue weighted by Gasteiger charge is -2.18. The van der Waals surface area contributed by atoms with Gasteiger partial charge in [-0.25, -0.2) is 8.78 Å². The van der Waals surface area contributed by atoms with Gasteiger partial charge in [-0.1, -0.05) is 35.9 Å². The number of benzene rings is 2. The van der Waals surface area contributed by atoms with Crippen molar-refractivity contribution < 1.29 is 23.4 Å². The van der Waals surface area contributed by atoms with Gasteiger partial charge in [0.2, 0.25) is 5.91 Å². The molecule has 0 fully saturated rings. The summed E-state index contributed by atoms with van der Waals surface area (Å²) in [5, 5.41) is 12.4. The first kappa shape index (κ1) is 29.3. The third-order valence-corrected chi connectivity index (χ3v) is 5.84. The van der Waals surface area contributed by atoms with Crippen LogP contribution in [0.1, 0.15) is 29.3 Å². The Labute approximate surface area is 218 Å². The van der Waals surface area contributed by atoms with Crippen molar-refractivity contribution in [3.63, 3.8) is 0 Å². The van der Waals surface area contributed by atoms with E-state index in [0.717, 1.165) is 23.3 Å². The number of rotatable bonds is 10. The standard InChI is InChI=1S/C25H26ClF2N3O4.ClH/c1-14-9-21(35-13-18-7-8-19(27)10-20(18)28)22(26)25(34)31(14)12-17-5-3-16(4-6-17)11-30-23(15(2)32)24(29)33;/h3-10,15,23,30,32H,11-13H2,1-2H3,(H2,29,33);1H/t15?,23-;/m0./s1. The number of primary amides is 1. The number of carbonyl (C=O) groups excluding carboxylic acids is 1. The van der Waals surface area contributed by atoms with Crippen LogP contribution in [0.3, 0.4) is 0 Å². The molecular formula is C25H27Cl2F2N3O4. The molecule has 194 valence electrons. The van der Waals surface area contributed by atoms with E-state index in [2.05, 4.69) is 5.32 Å². The summed E-state index contributed by atoms with van der Waals surface area (Å²) in [6.07, 6.45) is -0.923. The first-order valence-electron chi connectivity index (χ1n) is 10.8. The molecule has 2 aromatic carbocycles. The molecule has 1 aromatic heterocycles. The number of hydrogen-bond acceptors (Lipinski definition) is 5. The Morgan fingerprint density at radius 2 is 1.81 bits per heavy atom. The quantitative estimate of drug-likeness (QED) is 0.364. The molecule has 7 nitrogen and oxygen atoms in total. The van der Waals surface area contributed by atoms with Gasteiger partial charge < -0.3 is 20.1 Å². The van der Waals surface area contributed by atoms with Gasteiger partial charge in [0.1, 0.15) is 35.1 Å². The summed E-state index contributed by atoms with van der Waals surface area (Å²) in [5.74, 6) is -1.97. The Kier molecular flexibility index (Phi) is 10.4. The zero-order chi connectivity index (χ0) is 25.7. The van der Waals surface area contributed by atoms with Crippen LogP contribution in [0.25, 0.3) is 0 Å². The van der Waals surface area contributed by atoms with Crippen LogP contribution in [-0.2, 0) is 24.5 Å². The fourth-order valence-corrected chi connectivity index (χ4v) is 3.70. The average Bonchev–Trinajstić information content (AvgIpc) is 2.79. The molecule has 2 atom stereocenters. The Morgan fingerprint density at radius 1 is 1.17 bits per heavy atom. The lowest BCUT2D eigenvalue weighted by molar-refractivity contribution is -0.122. The van der Waals surface area contributed by atoms with Crippen LogP contribution < -0.4 is 21.3 Å². The minimum absolute atomic E-state index is 0. The molecule has 1 heterocycles. The molecule has 0 radical (unpaired) electrons. The molecule has 11 heteroatoms. The van der Waals surface area contributed by atoms with Gasteiger partial charge in [0, 0.05) is 29.9 Å². The number of aryl methyl sites for hydroxylation is 1. The molecule has 0 saturated carbocycles. The zero-order valence-electron chi connectivity index (χ0n) is 19.6. The summed E-state index contributed by atoms with van der Waals surface area (Å²) < 4.78 is 34.0. The number of aromatic nitrogens is 1. The smallest absolute Gasteiger partial charge is 0.273 e. The zero-order valence-corrected chi connectivity index (χ0v) is 21.2. The van der Waals surface area contributed by atoms with Gasteiger partial charge in [-0.2, -0.15) is 0 Å². The molecule has 1 unspecified atom stereocenters. The van der Waals surface area contributed by atoms with Gasteiger partial charge in [-0.15, -0.1) is 12.4 Å². The summed E-state index contributed by atoms with van der Waals surface area (Å²) in [4.78, 5) is 24.3. The average molecular weight is 542 g/mol. The van der Waals surface area contributed by atoms with Crippen molar-refractivity contribution in [2.24, 2.45) is 5.73 Å². The first-order valence-corrected chi connectivity index (χ1v) is 11.2. The Hall–Kier alpha value is -2.98. The topological polar surface area (TPSA) is 107 Å². The SMILES string of the molecule is Cc1cc(OCc2ccc(F)cc2F)c(Cl)c(=O)n1Cc1ccc(CN[C@H](C(N)=O)C(C)O)cc1.Cl. The number of nitrogens with zero attached hydrogens (tertiary/aromatic N) is 1. The van der Waals surface area contributed by atoms with E-state index in [4.69, 9.17) is 22.1 Å². The second kappa shape index (κ2) is 12.8. The number of aliphatic hydroxyl groups is 1. The molecule has 36 heavy (non-hydrogen) atoms. The van der Waals surface area contributed by atoms with E-state index < -0.39 is 35.2 Å². The van der Waals surface area contributed by atoms with E-state index in [-0.39, 0.29) is 41.9 Å². The van der Waals surface area contributed by atoms with Crippen LogP contribution in [0, 0.1) is 18.6 Å². The van der Waals surface area contributed by atoms with Crippen molar-refractivity contribution in [2.75, 3.05) is 0 Å². The predicted octanol–water partition coefficient (Wildman–Crippen LogP) is 3.46. The number of amides is 1. The summed E-state index contributed by atoms with van der Waals surface area (Å²) in [6, 6.07) is 11.2. The Bertz CT molecular complexity index is 1270. The number of hydrogen-bond donors (Lipinski definition) is 3. The molecule has 0 aliphatic rings. The van der Waals surface area contributed by atoms with Crippen molar-refractivity contribution in [1.82, 2.24) is 9.88 Å². The summed E-state index contributed by atoms with van der Waals surface area (Å²) in [6.45, 7) is 3.57. The maximum atomic E-state index is 13.9. The van der Waals surface area contributed by atoms with Gasteiger partial charge >= 0.3 is 0 Å². The number of nitrogens with two attached hydrogens (primary N) is 1. The molecule has 4 N–H and O–H groups in total. The van der Waals surface area contributed by atoms with E-state index in [1.807, 2.05) is 24.3 Å². The van der Waals surface area contributed by atoms with Crippen molar-refractivity contribution in [3.05, 3.63) is 97.9 Å². The van der Waals surface area contributed by atoms with Gasteiger partial charge in [0.05, 0.1) is 12.6 Å². The van der Waals surface area contributed by atoms with Crippen molar-refractivity contribution in [1.29, 1.82) is 0 Å². The highest BCUT2D eigenvalue weighted by Gasteiger charge is 2.20. The number of carbonyl (C=O) groups is 1. The molecule has 3 rings (SSSR count). The Balaban J connectivity index is 0.00000456. The van der Waals surface area contributed by atoms with Crippen molar-refractivity contribution in [2.45, 2.75) is 45.7 Å². The number of nitrogens with one attached hydrogen (secondary N) is 1. The van der Waals surface area contributed by atoms with E-state index in [1.165, 1.54) is 17.6 Å². The van der Waals surface area contributed by atoms with Gasteiger partial charge in [-0.3, -0.25) is 14.9 Å². The highest BCUT2D eigenvalue weighted by atomic mass is 35.5. The number of ether oxygens (including phenoxy) is 1. The number of aliphatic hydroxyl groups excluding tert-OH is 1. The molecule has 0 spiro atoms. The van der Waals surface area contributed by atoms with Gasteiger partial charge in [0.15, 0.2) is 0 Å². The molecular weight excluding hydrogens is 515 g/mol. The van der Waals surface area contributed by atoms with Crippen molar-refractivity contribution >= 4 is 29.9 Å². The van der Waals surface area contributed by atoms with Crippen LogP contribution >= 0.6 is 24.0 Å². The molecule has 0 aliphatic heterocycles. The molecule has 0 saturated heterocycles. The van der Waals surface area contributed by atoms with E-state index in [0.29, 0.717) is 12.2 Å². The maximum Gasteiger partial charge on any atom is 0.273 e. The Morgan fingerprint density at radius 3 is 2.39 bits per heavy atom. The highest BCUT2D eigenvalue weighted by Crippen LogP contribution is 2.24. The third-order valence-electron chi connectivity index (χ3n) is 5.49. The maximum absolute atomic E-state index is 13.9. The normalized spacial score (nSPS) is 12.5. The monoisotopic (exact) mass is 541 g/mol. The molecule has 0 aliphatic carbocycles.